The highest BCUT2D eigenvalue weighted by Gasteiger charge is 2.32. The summed E-state index contributed by atoms with van der Waals surface area (Å²) in [5.74, 6) is 1.84. The number of halogens is 1. The average molecular weight is 437 g/mol. The van der Waals surface area contributed by atoms with E-state index in [2.05, 4.69) is 53.4 Å². The van der Waals surface area contributed by atoms with Gasteiger partial charge in [0, 0.05) is 44.8 Å². The van der Waals surface area contributed by atoms with Gasteiger partial charge < -0.3 is 20.4 Å². The van der Waals surface area contributed by atoms with Gasteiger partial charge >= 0.3 is 0 Å². The van der Waals surface area contributed by atoms with Gasteiger partial charge in [0.1, 0.15) is 0 Å². The van der Waals surface area contributed by atoms with Gasteiger partial charge in [-0.15, -0.1) is 24.0 Å². The Morgan fingerprint density at radius 1 is 1.17 bits per heavy atom. The number of nitrogens with zero attached hydrogens (tertiary/aromatic N) is 3. The first-order valence-electron chi connectivity index (χ1n) is 8.89. The third kappa shape index (κ3) is 6.74. The number of nitrogens with one attached hydrogen (secondary N) is 2. The highest BCUT2D eigenvalue weighted by atomic mass is 127. The normalized spacial score (nSPS) is 22.1. The van der Waals surface area contributed by atoms with Crippen LogP contribution in [0.5, 0.6) is 0 Å². The molecule has 136 valence electrons. The van der Waals surface area contributed by atoms with Gasteiger partial charge in [-0.1, -0.05) is 0 Å². The summed E-state index contributed by atoms with van der Waals surface area (Å²) < 4.78 is 0. The van der Waals surface area contributed by atoms with Crippen molar-refractivity contribution in [1.29, 1.82) is 0 Å². The fourth-order valence-electron chi connectivity index (χ4n) is 3.40. The molecule has 2 N–H and O–H groups in total. The largest absolute Gasteiger partial charge is 0.355 e. The van der Waals surface area contributed by atoms with Crippen molar-refractivity contribution >= 4 is 29.9 Å². The molecule has 0 spiro atoms. The number of hydrogen-bond acceptors (Lipinski definition) is 3. The van der Waals surface area contributed by atoms with Crippen molar-refractivity contribution in [2.75, 3.05) is 40.8 Å². The summed E-state index contributed by atoms with van der Waals surface area (Å²) in [6.45, 7) is 7.94. The monoisotopic (exact) mass is 437 g/mol. The summed E-state index contributed by atoms with van der Waals surface area (Å²) in [5.41, 5.74) is 0. The highest BCUT2D eigenvalue weighted by Crippen LogP contribution is 2.34. The molecule has 2 fully saturated rings. The van der Waals surface area contributed by atoms with Gasteiger partial charge in [0.2, 0.25) is 0 Å². The third-order valence-electron chi connectivity index (χ3n) is 5.13. The maximum absolute atomic E-state index is 4.41. The fraction of sp³-hybridized carbons (Fsp3) is 0.941. The minimum atomic E-state index is 0. The molecule has 1 saturated carbocycles. The molecule has 0 radical (unpaired) electrons. The number of likely N-dealkylation sites (N-methyl/N-ethyl adjacent to an activating group) is 1. The lowest BCUT2D eigenvalue weighted by Gasteiger charge is -2.35. The molecule has 0 amide bonds. The molecule has 1 unspecified atom stereocenters. The van der Waals surface area contributed by atoms with Crippen LogP contribution in [0.3, 0.4) is 0 Å². The summed E-state index contributed by atoms with van der Waals surface area (Å²) in [7, 11) is 6.24. The first-order valence-corrected chi connectivity index (χ1v) is 8.89. The van der Waals surface area contributed by atoms with E-state index in [1.807, 2.05) is 7.05 Å². The summed E-state index contributed by atoms with van der Waals surface area (Å²) in [6.07, 6.45) is 5.17. The van der Waals surface area contributed by atoms with Crippen molar-refractivity contribution in [2.24, 2.45) is 10.9 Å². The van der Waals surface area contributed by atoms with Crippen LogP contribution < -0.4 is 10.6 Å². The van der Waals surface area contributed by atoms with Crippen molar-refractivity contribution in [3.63, 3.8) is 0 Å². The van der Waals surface area contributed by atoms with Crippen LogP contribution in [0.1, 0.15) is 39.5 Å². The van der Waals surface area contributed by atoms with Crippen LogP contribution in [0.15, 0.2) is 4.99 Å². The Labute approximate surface area is 159 Å². The third-order valence-corrected chi connectivity index (χ3v) is 5.13. The first kappa shape index (κ1) is 21.0. The summed E-state index contributed by atoms with van der Waals surface area (Å²) in [6, 6.07) is 1.85. The van der Waals surface area contributed by atoms with Crippen LogP contribution >= 0.6 is 24.0 Å². The Bertz CT molecular complexity index is 358. The molecule has 2 aliphatic rings. The van der Waals surface area contributed by atoms with Crippen LogP contribution in [0, 0.1) is 5.92 Å². The van der Waals surface area contributed by atoms with Crippen LogP contribution in [-0.4, -0.2) is 74.7 Å². The summed E-state index contributed by atoms with van der Waals surface area (Å²) in [4.78, 5) is 9.31. The summed E-state index contributed by atoms with van der Waals surface area (Å²) in [5, 5.41) is 7.15. The highest BCUT2D eigenvalue weighted by molar-refractivity contribution is 14.0. The second-order valence-electron chi connectivity index (χ2n) is 7.37. The zero-order valence-electron chi connectivity index (χ0n) is 15.5. The van der Waals surface area contributed by atoms with Crippen molar-refractivity contribution in [3.8, 4) is 0 Å². The Hall–Kier alpha value is -0.0800. The van der Waals surface area contributed by atoms with E-state index in [0.29, 0.717) is 18.1 Å². The zero-order valence-corrected chi connectivity index (χ0v) is 17.8. The Kier molecular flexibility index (Phi) is 9.15. The average Bonchev–Trinajstić information content (AvgIpc) is 3.31. The van der Waals surface area contributed by atoms with Gasteiger partial charge in [-0.3, -0.25) is 4.99 Å². The zero-order chi connectivity index (χ0) is 16.1. The molecule has 0 aromatic heterocycles. The molecule has 1 aliphatic carbocycles. The second kappa shape index (κ2) is 10.0. The summed E-state index contributed by atoms with van der Waals surface area (Å²) >= 11 is 0. The van der Waals surface area contributed by atoms with Crippen LogP contribution in [0.4, 0.5) is 0 Å². The fourth-order valence-corrected chi connectivity index (χ4v) is 3.40. The van der Waals surface area contributed by atoms with E-state index >= 15 is 0 Å². The number of rotatable bonds is 6. The molecule has 0 bridgehead atoms. The predicted molar refractivity (Wildman–Crippen MR) is 110 cm³/mol. The number of likely N-dealkylation sites (tertiary alicyclic amines) is 1. The molecule has 1 heterocycles. The van der Waals surface area contributed by atoms with Crippen LogP contribution in [0.2, 0.25) is 0 Å². The van der Waals surface area contributed by atoms with Crippen LogP contribution in [-0.2, 0) is 0 Å². The lowest BCUT2D eigenvalue weighted by molar-refractivity contribution is 0.167. The number of aliphatic imine (C=N–C) groups is 1. The molecule has 1 aliphatic heterocycles. The minimum absolute atomic E-state index is 0. The van der Waals surface area contributed by atoms with Gasteiger partial charge in [-0.25, -0.2) is 0 Å². The maximum atomic E-state index is 4.41. The molecular weight excluding hydrogens is 401 g/mol. The molecular formula is C17H36IN5. The SMILES string of the molecule is CN=C(NCC(C1CC1)N(C)C)NC1CCN(C(C)C)CC1.I. The minimum Gasteiger partial charge on any atom is -0.355 e. The smallest absolute Gasteiger partial charge is 0.191 e. The molecule has 1 saturated heterocycles. The molecule has 2 rings (SSSR count). The Morgan fingerprint density at radius 2 is 1.78 bits per heavy atom. The van der Waals surface area contributed by atoms with Gasteiger partial charge in [0.15, 0.2) is 5.96 Å². The predicted octanol–water partition coefficient (Wildman–Crippen LogP) is 1.98. The van der Waals surface area contributed by atoms with E-state index in [1.165, 1.54) is 38.8 Å². The van der Waals surface area contributed by atoms with E-state index in [0.717, 1.165) is 18.4 Å². The van der Waals surface area contributed by atoms with Crippen LogP contribution in [0.25, 0.3) is 0 Å². The Morgan fingerprint density at radius 3 is 2.22 bits per heavy atom. The molecule has 5 nitrogen and oxygen atoms in total. The lowest BCUT2D eigenvalue weighted by Crippen LogP contribution is -2.52. The topological polar surface area (TPSA) is 42.9 Å². The van der Waals surface area contributed by atoms with Crippen molar-refractivity contribution in [3.05, 3.63) is 0 Å². The van der Waals surface area contributed by atoms with Gasteiger partial charge in [0.05, 0.1) is 0 Å². The molecule has 6 heteroatoms. The van der Waals surface area contributed by atoms with Crippen molar-refractivity contribution in [2.45, 2.75) is 57.7 Å². The van der Waals surface area contributed by atoms with E-state index in [9.17, 15) is 0 Å². The van der Waals surface area contributed by atoms with Gasteiger partial charge in [0.25, 0.3) is 0 Å². The first-order chi connectivity index (χ1) is 10.5. The second-order valence-corrected chi connectivity index (χ2v) is 7.37. The van der Waals surface area contributed by atoms with Gasteiger partial charge in [-0.2, -0.15) is 0 Å². The lowest BCUT2D eigenvalue weighted by atomic mass is 10.0. The van der Waals surface area contributed by atoms with E-state index in [-0.39, 0.29) is 24.0 Å². The van der Waals surface area contributed by atoms with E-state index < -0.39 is 0 Å². The number of piperidine rings is 1. The molecule has 23 heavy (non-hydrogen) atoms. The van der Waals surface area contributed by atoms with Crippen molar-refractivity contribution < 1.29 is 0 Å². The van der Waals surface area contributed by atoms with Gasteiger partial charge in [-0.05, 0) is 59.5 Å². The molecule has 0 aromatic carbocycles. The maximum Gasteiger partial charge on any atom is 0.191 e. The van der Waals surface area contributed by atoms with Crippen molar-refractivity contribution in [1.82, 2.24) is 20.4 Å². The standard InChI is InChI=1S/C17H35N5.HI/c1-13(2)22-10-8-15(9-11-22)20-17(18-3)19-12-16(21(4)5)14-6-7-14;/h13-16H,6-12H2,1-5H3,(H2,18,19,20);1H. The Balaban J connectivity index is 0.00000264. The number of guanidine groups is 1. The van der Waals surface area contributed by atoms with E-state index in [4.69, 9.17) is 0 Å². The van der Waals surface area contributed by atoms with E-state index in [1.54, 1.807) is 0 Å². The molecule has 0 aromatic rings. The molecule has 1 atom stereocenters. The quantitative estimate of drug-likeness (QED) is 0.379. The number of hydrogen-bond donors (Lipinski definition) is 2.